The fraction of sp³-hybridized carbons (Fsp3) is 0.111. The molecule has 0 saturated carbocycles. The Morgan fingerprint density at radius 3 is 1.43 bits per heavy atom. The lowest BCUT2D eigenvalue weighted by atomic mass is 10.2. The van der Waals surface area contributed by atoms with Crippen LogP contribution in [0.25, 0.3) is 0 Å². The minimum atomic E-state index is -1.40. The van der Waals surface area contributed by atoms with Crippen molar-refractivity contribution in [2.75, 3.05) is 0 Å². The predicted octanol–water partition coefficient (Wildman–Crippen LogP) is 3.46. The Hall–Kier alpha value is -1.69. The third kappa shape index (κ3) is 5.30. The Kier molecular flexibility index (Phi) is 6.40. The molecule has 3 heteroatoms. The van der Waals surface area contributed by atoms with Crippen LogP contribution in [0.15, 0.2) is 85.2 Å². The highest BCUT2D eigenvalue weighted by atomic mass is 28.4. The smallest absolute Gasteiger partial charge is 0.192 e. The highest BCUT2D eigenvalue weighted by Gasteiger charge is 2.15. The van der Waals surface area contributed by atoms with Crippen LogP contribution in [0, 0.1) is 0 Å². The molecule has 0 radical (unpaired) electrons. The number of benzene rings is 2. The molecular weight excluding hydrogens is 288 g/mol. The highest BCUT2D eigenvalue weighted by Crippen LogP contribution is 2.09. The normalized spacial score (nSPS) is 13.3. The predicted molar refractivity (Wildman–Crippen MR) is 96.1 cm³/mol. The molecule has 2 unspecified atom stereocenters. The first-order valence-corrected chi connectivity index (χ1v) is 11.2. The van der Waals surface area contributed by atoms with Crippen LogP contribution in [0.3, 0.4) is 0 Å². The van der Waals surface area contributed by atoms with Gasteiger partial charge in [0.2, 0.25) is 0 Å². The van der Waals surface area contributed by atoms with E-state index in [9.17, 15) is 0 Å². The van der Waals surface area contributed by atoms with Crippen LogP contribution < -0.4 is 0 Å². The molecule has 0 spiro atoms. The summed E-state index contributed by atoms with van der Waals surface area (Å²) in [6.07, 6.45) is 0. The fourth-order valence-corrected chi connectivity index (χ4v) is 7.55. The molecule has 2 aromatic carbocycles. The molecule has 0 amide bonds. The third-order valence-corrected chi connectivity index (χ3v) is 9.03. The third-order valence-electron chi connectivity index (χ3n) is 3.43. The van der Waals surface area contributed by atoms with Gasteiger partial charge in [-0.05, 0) is 23.2 Å². The number of hydrogen-bond donors (Lipinski definition) is 0. The monoisotopic (exact) mass is 310 g/mol. The van der Waals surface area contributed by atoms with Gasteiger partial charge in [-0.1, -0.05) is 72.1 Å². The van der Waals surface area contributed by atoms with E-state index >= 15 is 0 Å². The maximum atomic E-state index is 6.40. The molecule has 0 aliphatic heterocycles. The highest BCUT2D eigenvalue weighted by molar-refractivity contribution is 6.70. The quantitative estimate of drug-likeness (QED) is 0.679. The van der Waals surface area contributed by atoms with E-state index in [4.69, 9.17) is 4.12 Å². The van der Waals surface area contributed by atoms with Gasteiger partial charge in [0.05, 0.1) is 0 Å². The number of rotatable bonds is 8. The van der Waals surface area contributed by atoms with E-state index in [0.29, 0.717) is 0 Å². The zero-order valence-electron chi connectivity index (χ0n) is 12.3. The van der Waals surface area contributed by atoms with Crippen molar-refractivity contribution < 1.29 is 4.12 Å². The molecule has 0 aliphatic rings. The Labute approximate surface area is 131 Å². The second kappa shape index (κ2) is 8.57. The summed E-state index contributed by atoms with van der Waals surface area (Å²) in [5, 5.41) is 0. The largest absolute Gasteiger partial charge is 0.453 e. The summed E-state index contributed by atoms with van der Waals surface area (Å²) in [6, 6.07) is 23.1. The molecule has 0 heterocycles. The van der Waals surface area contributed by atoms with Crippen molar-refractivity contribution >= 4 is 18.1 Å². The zero-order valence-corrected chi connectivity index (χ0v) is 14.6. The van der Waals surface area contributed by atoms with Crippen LogP contribution in [0.5, 0.6) is 0 Å². The minimum Gasteiger partial charge on any atom is -0.453 e. The van der Waals surface area contributed by atoms with Gasteiger partial charge in [-0.3, -0.25) is 0 Å². The van der Waals surface area contributed by atoms with Crippen LogP contribution in [0.4, 0.5) is 0 Å². The molecule has 2 aromatic rings. The molecule has 2 atom stereocenters. The van der Waals surface area contributed by atoms with Crippen LogP contribution in [0.2, 0.25) is 0 Å². The van der Waals surface area contributed by atoms with Gasteiger partial charge in [-0.25, -0.2) is 0 Å². The minimum absolute atomic E-state index is 1.01. The molecule has 0 bridgehead atoms. The molecule has 0 saturated heterocycles. The summed E-state index contributed by atoms with van der Waals surface area (Å²) in [5.41, 5.74) is 6.76. The van der Waals surface area contributed by atoms with Gasteiger partial charge in [-0.2, -0.15) is 0 Å². The van der Waals surface area contributed by atoms with Gasteiger partial charge >= 0.3 is 0 Å². The van der Waals surface area contributed by atoms with Crippen LogP contribution >= 0.6 is 0 Å². The summed E-state index contributed by atoms with van der Waals surface area (Å²) in [5.74, 6) is 0. The molecule has 0 aliphatic carbocycles. The molecule has 2 rings (SSSR count). The van der Waals surface area contributed by atoms with E-state index in [1.807, 2.05) is 23.5 Å². The standard InChI is InChI=1S/C18H22OSi2/c1-3-20(15-17-11-7-5-8-12-17)19-21(4-2)16-18-13-9-6-10-14-18/h3-14,20-21H,1-2,15-16H2. The Balaban J connectivity index is 1.95. The summed E-state index contributed by atoms with van der Waals surface area (Å²) in [7, 11) is -2.80. The van der Waals surface area contributed by atoms with Gasteiger partial charge in [-0.15, -0.1) is 13.2 Å². The van der Waals surface area contributed by atoms with E-state index < -0.39 is 18.1 Å². The van der Waals surface area contributed by atoms with E-state index in [1.54, 1.807) is 0 Å². The van der Waals surface area contributed by atoms with Crippen LogP contribution in [-0.4, -0.2) is 18.1 Å². The SMILES string of the molecule is C=C[SiH](Cc1ccccc1)O[SiH](C=C)Cc1ccccc1. The molecule has 0 fully saturated rings. The first-order chi connectivity index (χ1) is 10.3. The van der Waals surface area contributed by atoms with Gasteiger partial charge in [0.15, 0.2) is 18.1 Å². The lowest BCUT2D eigenvalue weighted by Gasteiger charge is -2.19. The van der Waals surface area contributed by atoms with E-state index in [1.165, 1.54) is 11.1 Å². The molecule has 0 N–H and O–H groups in total. The molecule has 108 valence electrons. The maximum Gasteiger partial charge on any atom is 0.192 e. The lowest BCUT2D eigenvalue weighted by Crippen LogP contribution is -2.30. The summed E-state index contributed by atoms with van der Waals surface area (Å²) < 4.78 is 6.40. The molecule has 21 heavy (non-hydrogen) atoms. The summed E-state index contributed by atoms with van der Waals surface area (Å²) >= 11 is 0. The van der Waals surface area contributed by atoms with Crippen molar-refractivity contribution in [3.63, 3.8) is 0 Å². The zero-order chi connectivity index (χ0) is 14.9. The topological polar surface area (TPSA) is 9.23 Å². The lowest BCUT2D eigenvalue weighted by molar-refractivity contribution is 0.599. The molecule has 0 aromatic heterocycles. The molecular formula is C18H22OSi2. The first-order valence-electron chi connectivity index (χ1n) is 7.30. The fourth-order valence-electron chi connectivity index (χ4n) is 2.29. The number of hydrogen-bond acceptors (Lipinski definition) is 1. The average molecular weight is 311 g/mol. The van der Waals surface area contributed by atoms with Crippen molar-refractivity contribution in [3.05, 3.63) is 96.3 Å². The van der Waals surface area contributed by atoms with Crippen molar-refractivity contribution in [2.45, 2.75) is 12.1 Å². The Morgan fingerprint density at radius 2 is 1.10 bits per heavy atom. The van der Waals surface area contributed by atoms with Crippen LogP contribution in [0.1, 0.15) is 11.1 Å². The molecule has 1 nitrogen and oxygen atoms in total. The van der Waals surface area contributed by atoms with E-state index in [2.05, 4.69) is 61.7 Å². The average Bonchev–Trinajstić information content (AvgIpc) is 2.55. The Bertz CT molecular complexity index is 502. The van der Waals surface area contributed by atoms with Gasteiger partial charge in [0, 0.05) is 0 Å². The van der Waals surface area contributed by atoms with Gasteiger partial charge in [0.25, 0.3) is 0 Å². The van der Waals surface area contributed by atoms with Crippen LogP contribution in [-0.2, 0) is 16.2 Å². The summed E-state index contributed by atoms with van der Waals surface area (Å²) in [4.78, 5) is 0. The Morgan fingerprint density at radius 1 is 0.714 bits per heavy atom. The van der Waals surface area contributed by atoms with Crippen molar-refractivity contribution in [1.82, 2.24) is 0 Å². The van der Waals surface area contributed by atoms with Crippen molar-refractivity contribution in [2.24, 2.45) is 0 Å². The van der Waals surface area contributed by atoms with Gasteiger partial charge < -0.3 is 4.12 Å². The second-order valence-corrected chi connectivity index (χ2v) is 10.1. The second-order valence-electron chi connectivity index (χ2n) is 5.06. The summed E-state index contributed by atoms with van der Waals surface area (Å²) in [6.45, 7) is 7.95. The first kappa shape index (κ1) is 15.7. The van der Waals surface area contributed by atoms with Crippen molar-refractivity contribution in [3.8, 4) is 0 Å². The maximum absolute atomic E-state index is 6.40. The van der Waals surface area contributed by atoms with E-state index in [0.717, 1.165) is 12.1 Å². The van der Waals surface area contributed by atoms with Gasteiger partial charge in [0.1, 0.15) is 0 Å². The van der Waals surface area contributed by atoms with E-state index in [-0.39, 0.29) is 0 Å². The van der Waals surface area contributed by atoms with Crippen molar-refractivity contribution in [1.29, 1.82) is 0 Å².